The van der Waals surface area contributed by atoms with Crippen molar-refractivity contribution in [3.8, 4) is 0 Å². The lowest BCUT2D eigenvalue weighted by molar-refractivity contribution is -0.862. The Hall–Kier alpha value is -3.19. The number of fused-ring (bicyclic) bond motifs is 1. The van der Waals surface area contributed by atoms with E-state index >= 15 is 0 Å². The molecule has 164 valence electrons. The molecule has 0 fully saturated rings. The van der Waals surface area contributed by atoms with Crippen LogP contribution in [0.3, 0.4) is 0 Å². The number of aryl methyl sites for hydroxylation is 3. The highest BCUT2D eigenvalue weighted by atomic mass is 16.2. The van der Waals surface area contributed by atoms with Crippen LogP contribution in [-0.2, 0) is 14.4 Å². The molecule has 1 aliphatic heterocycles. The number of rotatable bonds is 5. The fourth-order valence-corrected chi connectivity index (χ4v) is 4.13. The zero-order valence-electron chi connectivity index (χ0n) is 19.1. The number of hydrogen-bond acceptors (Lipinski definition) is 3. The van der Waals surface area contributed by atoms with Crippen molar-refractivity contribution in [1.82, 2.24) is 0 Å². The minimum absolute atomic E-state index is 0.0876. The van der Waals surface area contributed by atoms with Crippen LogP contribution in [0.15, 0.2) is 36.4 Å². The lowest BCUT2D eigenvalue weighted by Gasteiger charge is -2.42. The van der Waals surface area contributed by atoms with E-state index in [2.05, 4.69) is 10.6 Å². The first-order valence-corrected chi connectivity index (χ1v) is 10.4. The van der Waals surface area contributed by atoms with Gasteiger partial charge in [-0.3, -0.25) is 19.3 Å². The number of para-hydroxylation sites is 2. The summed E-state index contributed by atoms with van der Waals surface area (Å²) in [5, 5.41) is 5.84. The SMILES string of the molecule is Cc1cc(C)c(NC(=O)C[NH+](C)CC(=O)N2c3ccccc3NC(=O)C2(C)C)c(C)c1. The van der Waals surface area contributed by atoms with Gasteiger partial charge in [0.1, 0.15) is 5.54 Å². The molecule has 0 aromatic heterocycles. The summed E-state index contributed by atoms with van der Waals surface area (Å²) in [5.41, 5.74) is 4.24. The summed E-state index contributed by atoms with van der Waals surface area (Å²) in [6.07, 6.45) is 0. The third kappa shape index (κ3) is 4.61. The van der Waals surface area contributed by atoms with Crippen molar-refractivity contribution in [3.05, 3.63) is 53.1 Å². The van der Waals surface area contributed by atoms with Gasteiger partial charge in [-0.25, -0.2) is 0 Å². The van der Waals surface area contributed by atoms with E-state index in [0.29, 0.717) is 11.4 Å². The molecule has 2 aromatic carbocycles. The number of carbonyl (C=O) groups is 3. The lowest BCUT2D eigenvalue weighted by atomic mass is 9.96. The number of quaternary nitrogens is 1. The Balaban J connectivity index is 1.71. The predicted octanol–water partition coefficient (Wildman–Crippen LogP) is 1.83. The van der Waals surface area contributed by atoms with E-state index in [1.54, 1.807) is 27.0 Å². The maximum Gasteiger partial charge on any atom is 0.283 e. The summed E-state index contributed by atoms with van der Waals surface area (Å²) in [5.74, 6) is -0.600. The molecule has 7 nitrogen and oxygen atoms in total. The molecule has 1 aliphatic rings. The van der Waals surface area contributed by atoms with Crippen molar-refractivity contribution in [1.29, 1.82) is 0 Å². The summed E-state index contributed by atoms with van der Waals surface area (Å²) in [6, 6.07) is 11.3. The summed E-state index contributed by atoms with van der Waals surface area (Å²) < 4.78 is 0. The number of likely N-dealkylation sites (N-methyl/N-ethyl adjacent to an activating group) is 1. The van der Waals surface area contributed by atoms with Crippen molar-refractivity contribution < 1.29 is 19.3 Å². The van der Waals surface area contributed by atoms with Crippen molar-refractivity contribution in [2.24, 2.45) is 0 Å². The molecule has 0 spiro atoms. The number of nitrogens with one attached hydrogen (secondary N) is 3. The Morgan fingerprint density at radius 1 is 1.06 bits per heavy atom. The first-order valence-electron chi connectivity index (χ1n) is 10.4. The molecule has 1 unspecified atom stereocenters. The summed E-state index contributed by atoms with van der Waals surface area (Å²) in [6.45, 7) is 9.64. The Morgan fingerprint density at radius 3 is 2.32 bits per heavy atom. The monoisotopic (exact) mass is 423 g/mol. The third-order valence-electron chi connectivity index (χ3n) is 5.61. The van der Waals surface area contributed by atoms with Gasteiger partial charge >= 0.3 is 0 Å². The molecule has 3 rings (SSSR count). The van der Waals surface area contributed by atoms with Gasteiger partial charge in [0.15, 0.2) is 13.1 Å². The molecular weight excluding hydrogens is 392 g/mol. The van der Waals surface area contributed by atoms with E-state index in [1.165, 1.54) is 4.90 Å². The van der Waals surface area contributed by atoms with E-state index in [9.17, 15) is 14.4 Å². The topological polar surface area (TPSA) is 82.9 Å². The molecule has 3 amide bonds. The molecule has 1 atom stereocenters. The first kappa shape index (κ1) is 22.5. The van der Waals surface area contributed by atoms with Crippen LogP contribution in [0.4, 0.5) is 17.1 Å². The zero-order valence-corrected chi connectivity index (χ0v) is 19.1. The van der Waals surface area contributed by atoms with E-state index < -0.39 is 5.54 Å². The number of nitrogens with zero attached hydrogens (tertiary/aromatic N) is 1. The fourth-order valence-electron chi connectivity index (χ4n) is 4.13. The first-order chi connectivity index (χ1) is 14.5. The van der Waals surface area contributed by atoms with E-state index in [-0.39, 0.29) is 30.8 Å². The van der Waals surface area contributed by atoms with Crippen molar-refractivity contribution in [2.45, 2.75) is 40.2 Å². The molecule has 0 saturated carbocycles. The van der Waals surface area contributed by atoms with Crippen LogP contribution in [0.5, 0.6) is 0 Å². The van der Waals surface area contributed by atoms with E-state index in [4.69, 9.17) is 0 Å². The summed E-state index contributed by atoms with van der Waals surface area (Å²) in [4.78, 5) is 40.7. The van der Waals surface area contributed by atoms with Crippen LogP contribution in [0.25, 0.3) is 0 Å². The van der Waals surface area contributed by atoms with E-state index in [0.717, 1.165) is 27.3 Å². The van der Waals surface area contributed by atoms with Crippen LogP contribution >= 0.6 is 0 Å². The molecule has 31 heavy (non-hydrogen) atoms. The highest BCUT2D eigenvalue weighted by Gasteiger charge is 2.44. The average molecular weight is 424 g/mol. The number of amides is 3. The Kier molecular flexibility index (Phi) is 6.18. The van der Waals surface area contributed by atoms with Gasteiger partial charge in [0.25, 0.3) is 11.8 Å². The van der Waals surface area contributed by atoms with Crippen LogP contribution < -0.4 is 20.4 Å². The standard InChI is InChI=1S/C24H30N4O3/c1-15-11-16(2)22(17(3)12-15)26-20(29)13-27(6)14-21(30)28-19-10-8-7-9-18(19)25-23(31)24(28,4)5/h7-12H,13-14H2,1-6H3,(H,25,31)(H,26,29)/p+1. The van der Waals surface area contributed by atoms with Crippen LogP contribution in [0.1, 0.15) is 30.5 Å². The van der Waals surface area contributed by atoms with Gasteiger partial charge in [0, 0.05) is 5.69 Å². The number of hydrogen-bond donors (Lipinski definition) is 3. The van der Waals surface area contributed by atoms with Gasteiger partial charge in [-0.1, -0.05) is 29.8 Å². The van der Waals surface area contributed by atoms with Crippen LogP contribution in [0.2, 0.25) is 0 Å². The maximum atomic E-state index is 13.2. The zero-order chi connectivity index (χ0) is 22.9. The summed E-state index contributed by atoms with van der Waals surface area (Å²) >= 11 is 0. The van der Waals surface area contributed by atoms with Gasteiger partial charge < -0.3 is 15.5 Å². The largest absolute Gasteiger partial charge is 0.322 e. The summed E-state index contributed by atoms with van der Waals surface area (Å²) in [7, 11) is 1.80. The molecule has 0 radical (unpaired) electrons. The van der Waals surface area contributed by atoms with Crippen molar-refractivity contribution in [2.75, 3.05) is 35.7 Å². The van der Waals surface area contributed by atoms with Gasteiger partial charge in [0.2, 0.25) is 5.91 Å². The fraction of sp³-hybridized carbons (Fsp3) is 0.375. The molecule has 0 bridgehead atoms. The predicted molar refractivity (Wildman–Crippen MR) is 123 cm³/mol. The average Bonchev–Trinajstić information content (AvgIpc) is 2.65. The van der Waals surface area contributed by atoms with Crippen LogP contribution in [0, 0.1) is 20.8 Å². The highest BCUT2D eigenvalue weighted by Crippen LogP contribution is 2.36. The smallest absolute Gasteiger partial charge is 0.283 e. The molecule has 1 heterocycles. The highest BCUT2D eigenvalue weighted by molar-refractivity contribution is 6.14. The van der Waals surface area contributed by atoms with Crippen molar-refractivity contribution in [3.63, 3.8) is 0 Å². The Bertz CT molecular complexity index is 1020. The van der Waals surface area contributed by atoms with Gasteiger partial charge in [0.05, 0.1) is 18.4 Å². The third-order valence-corrected chi connectivity index (χ3v) is 5.61. The number of anilines is 3. The normalized spacial score (nSPS) is 15.7. The quantitative estimate of drug-likeness (QED) is 0.686. The molecular formula is C24H31N4O3+. The Labute approximate surface area is 183 Å². The van der Waals surface area contributed by atoms with Gasteiger partial charge in [-0.15, -0.1) is 0 Å². The van der Waals surface area contributed by atoms with Crippen molar-refractivity contribution >= 4 is 34.8 Å². The second-order valence-electron chi connectivity index (χ2n) is 8.89. The van der Waals surface area contributed by atoms with Gasteiger partial charge in [-0.2, -0.15) is 0 Å². The van der Waals surface area contributed by atoms with Crippen LogP contribution in [-0.4, -0.2) is 43.4 Å². The minimum Gasteiger partial charge on any atom is -0.322 e. The lowest BCUT2D eigenvalue weighted by Crippen LogP contribution is -3.11. The second kappa shape index (κ2) is 8.51. The second-order valence-corrected chi connectivity index (χ2v) is 8.89. The number of benzene rings is 2. The minimum atomic E-state index is -1.02. The molecule has 0 saturated heterocycles. The van der Waals surface area contributed by atoms with E-state index in [1.807, 2.05) is 51.1 Å². The molecule has 0 aliphatic carbocycles. The van der Waals surface area contributed by atoms with Gasteiger partial charge in [-0.05, 0) is 57.9 Å². The molecule has 7 heteroatoms. The molecule has 2 aromatic rings. The number of carbonyl (C=O) groups excluding carboxylic acids is 3. The Morgan fingerprint density at radius 2 is 1.68 bits per heavy atom. The molecule has 3 N–H and O–H groups in total. The maximum absolute atomic E-state index is 13.2.